The van der Waals surface area contributed by atoms with Crippen molar-refractivity contribution in [3.63, 3.8) is 0 Å². The molecular weight excluding hydrogens is 396 g/mol. The molecule has 0 saturated carbocycles. The largest absolute Gasteiger partial charge is 0.479 e. The van der Waals surface area contributed by atoms with Crippen molar-refractivity contribution in [3.8, 4) is 0 Å². The lowest BCUT2D eigenvalue weighted by atomic mass is 9.89. The molecule has 0 aromatic heterocycles. The summed E-state index contributed by atoms with van der Waals surface area (Å²) < 4.78 is 0. The fraction of sp³-hybridized carbons (Fsp3) is 0.190. The number of aliphatic carboxylic acids is 3. The van der Waals surface area contributed by atoms with Crippen LogP contribution in [0.5, 0.6) is 0 Å². The van der Waals surface area contributed by atoms with Gasteiger partial charge < -0.3 is 20.4 Å². The van der Waals surface area contributed by atoms with E-state index in [0.717, 1.165) is 5.56 Å². The third kappa shape index (κ3) is 8.03. The maximum atomic E-state index is 11.0. The number of hydrogen-bond donors (Lipinski definition) is 4. The molecule has 2 aromatic rings. The molecule has 0 aliphatic rings. The van der Waals surface area contributed by atoms with Crippen LogP contribution in [0.15, 0.2) is 60.7 Å². The summed E-state index contributed by atoms with van der Waals surface area (Å²) in [6.07, 6.45) is -1.33. The highest BCUT2D eigenvalue weighted by Crippen LogP contribution is 2.18. The number of Topliss-reactive ketones (excluding diaryl/α,β-unsaturated/α-hetero) is 2. The Morgan fingerprint density at radius 3 is 1.50 bits per heavy atom. The number of carbonyl (C=O) groups is 5. The minimum atomic E-state index is -2.41. The normalized spacial score (nSPS) is 11.9. The van der Waals surface area contributed by atoms with Crippen molar-refractivity contribution in [2.45, 2.75) is 24.9 Å². The summed E-state index contributed by atoms with van der Waals surface area (Å²) in [5.41, 5.74) is -1.18. The Bertz CT molecular complexity index is 907. The van der Waals surface area contributed by atoms with E-state index < -0.39 is 41.5 Å². The number of hydrogen-bond acceptors (Lipinski definition) is 6. The van der Waals surface area contributed by atoms with Gasteiger partial charge in [-0.25, -0.2) is 14.4 Å². The number of carboxylic acids is 3. The Balaban J connectivity index is 0.000000325. The number of rotatable bonds is 9. The summed E-state index contributed by atoms with van der Waals surface area (Å²) in [5.74, 6) is -6.88. The van der Waals surface area contributed by atoms with E-state index in [0.29, 0.717) is 5.56 Å². The second-order valence-electron chi connectivity index (χ2n) is 6.29. The van der Waals surface area contributed by atoms with Gasteiger partial charge in [0.15, 0.2) is 5.60 Å². The fourth-order valence-electron chi connectivity index (χ4n) is 2.35. The van der Waals surface area contributed by atoms with Crippen molar-refractivity contribution in [2.75, 3.05) is 0 Å². The summed E-state index contributed by atoms with van der Waals surface area (Å²) >= 11 is 0. The first kappa shape index (κ1) is 24.2. The van der Waals surface area contributed by atoms with Crippen LogP contribution in [0.4, 0.5) is 0 Å². The van der Waals surface area contributed by atoms with Crippen LogP contribution in [0, 0.1) is 0 Å². The molecule has 30 heavy (non-hydrogen) atoms. The van der Waals surface area contributed by atoms with Crippen LogP contribution in [-0.4, -0.2) is 55.5 Å². The van der Waals surface area contributed by atoms with Gasteiger partial charge in [-0.05, 0) is 11.1 Å². The molecule has 0 amide bonds. The number of carbonyl (C=O) groups excluding carboxylic acids is 2. The van der Waals surface area contributed by atoms with Gasteiger partial charge in [0.25, 0.3) is 0 Å². The lowest BCUT2D eigenvalue weighted by Gasteiger charge is -2.21. The van der Waals surface area contributed by atoms with Gasteiger partial charge >= 0.3 is 17.9 Å². The molecule has 2 aromatic carbocycles. The zero-order valence-corrected chi connectivity index (χ0v) is 15.7. The minimum absolute atomic E-state index is 0.0316. The molecule has 9 nitrogen and oxygen atoms in total. The van der Waals surface area contributed by atoms with Crippen molar-refractivity contribution in [2.24, 2.45) is 0 Å². The first-order valence-electron chi connectivity index (χ1n) is 8.61. The summed E-state index contributed by atoms with van der Waals surface area (Å²) in [5, 5.41) is 35.5. The third-order valence-electron chi connectivity index (χ3n) is 3.88. The van der Waals surface area contributed by atoms with Gasteiger partial charge in [0.1, 0.15) is 0 Å². The van der Waals surface area contributed by atoms with E-state index in [1.165, 1.54) is 0 Å². The highest BCUT2D eigenvalue weighted by molar-refractivity contribution is 6.33. The van der Waals surface area contributed by atoms with Gasteiger partial charge in [-0.15, -0.1) is 0 Å². The molecule has 0 radical (unpaired) electrons. The molecule has 0 spiro atoms. The van der Waals surface area contributed by atoms with E-state index in [2.05, 4.69) is 0 Å². The van der Waals surface area contributed by atoms with E-state index in [1.807, 2.05) is 6.07 Å². The average Bonchev–Trinajstić information content (AvgIpc) is 2.69. The lowest BCUT2D eigenvalue weighted by Crippen LogP contribution is -2.44. The Morgan fingerprint density at radius 2 is 1.10 bits per heavy atom. The summed E-state index contributed by atoms with van der Waals surface area (Å²) in [6, 6.07) is 17.0. The molecule has 0 fully saturated rings. The Morgan fingerprint density at radius 1 is 0.667 bits per heavy atom. The topological polar surface area (TPSA) is 166 Å². The van der Waals surface area contributed by atoms with E-state index in [9.17, 15) is 29.1 Å². The molecule has 2 rings (SSSR count). The average molecular weight is 416 g/mol. The van der Waals surface area contributed by atoms with Gasteiger partial charge in [-0.3, -0.25) is 9.59 Å². The van der Waals surface area contributed by atoms with Gasteiger partial charge in [0, 0.05) is 12.8 Å². The molecule has 1 unspecified atom stereocenters. The van der Waals surface area contributed by atoms with E-state index in [1.54, 1.807) is 54.6 Å². The van der Waals surface area contributed by atoms with Gasteiger partial charge in [0.2, 0.25) is 11.6 Å². The zero-order chi connectivity index (χ0) is 22.7. The molecule has 0 aliphatic heterocycles. The smallest absolute Gasteiger partial charge is 0.372 e. The second-order valence-corrected chi connectivity index (χ2v) is 6.29. The van der Waals surface area contributed by atoms with Crippen LogP contribution in [0.2, 0.25) is 0 Å². The number of benzene rings is 2. The highest BCUT2D eigenvalue weighted by Gasteiger charge is 2.40. The van der Waals surface area contributed by atoms with Gasteiger partial charge in [-0.1, -0.05) is 60.7 Å². The molecule has 0 aliphatic carbocycles. The number of carboxylic acid groups (broad SMARTS) is 3. The minimum Gasteiger partial charge on any atom is -0.479 e. The SMILES string of the molecule is O=C(O)C(=O)CC(O)(Cc1ccccc1)C(=O)O.O=C(O)C(=O)Cc1ccccc1. The maximum absolute atomic E-state index is 11.0. The van der Waals surface area contributed by atoms with Crippen LogP contribution in [-0.2, 0) is 36.8 Å². The van der Waals surface area contributed by atoms with E-state index >= 15 is 0 Å². The van der Waals surface area contributed by atoms with Crippen LogP contribution < -0.4 is 0 Å². The maximum Gasteiger partial charge on any atom is 0.372 e. The van der Waals surface area contributed by atoms with Crippen LogP contribution in [0.1, 0.15) is 17.5 Å². The number of aliphatic hydroxyl groups is 1. The quantitative estimate of drug-likeness (QED) is 0.436. The predicted molar refractivity (Wildman–Crippen MR) is 103 cm³/mol. The zero-order valence-electron chi connectivity index (χ0n) is 15.7. The number of ketones is 2. The molecule has 0 heterocycles. The third-order valence-corrected chi connectivity index (χ3v) is 3.88. The summed E-state index contributed by atoms with van der Waals surface area (Å²) in [4.78, 5) is 53.3. The molecule has 9 heteroatoms. The second kappa shape index (κ2) is 11.2. The molecule has 4 N–H and O–H groups in total. The first-order chi connectivity index (χ1) is 14.0. The first-order valence-corrected chi connectivity index (χ1v) is 8.61. The Kier molecular flexibility index (Phi) is 9.05. The summed E-state index contributed by atoms with van der Waals surface area (Å²) in [6.45, 7) is 0. The lowest BCUT2D eigenvalue weighted by molar-refractivity contribution is -0.163. The van der Waals surface area contributed by atoms with Crippen molar-refractivity contribution in [3.05, 3.63) is 71.8 Å². The monoisotopic (exact) mass is 416 g/mol. The van der Waals surface area contributed by atoms with Gasteiger partial charge in [0.05, 0.1) is 6.42 Å². The molecular formula is C21H20O9. The Hall–Kier alpha value is -3.85. The molecule has 158 valence electrons. The van der Waals surface area contributed by atoms with Crippen LogP contribution in [0.25, 0.3) is 0 Å². The van der Waals surface area contributed by atoms with Crippen molar-refractivity contribution >= 4 is 29.5 Å². The Labute approximate surface area is 171 Å². The molecule has 1 atom stereocenters. The van der Waals surface area contributed by atoms with E-state index in [-0.39, 0.29) is 12.8 Å². The van der Waals surface area contributed by atoms with Crippen LogP contribution >= 0.6 is 0 Å². The highest BCUT2D eigenvalue weighted by atomic mass is 16.4. The fourth-order valence-corrected chi connectivity index (χ4v) is 2.35. The standard InChI is InChI=1S/C12H12O6.C9H8O3/c13-9(10(14)15)7-12(18,11(16)17)6-8-4-2-1-3-5-8;10-8(9(11)12)6-7-4-2-1-3-5-7/h1-5,18H,6-7H2,(H,14,15)(H,16,17);1-5H,6H2,(H,11,12). The van der Waals surface area contributed by atoms with Crippen molar-refractivity contribution in [1.82, 2.24) is 0 Å². The predicted octanol–water partition coefficient (Wildman–Crippen LogP) is 0.971. The van der Waals surface area contributed by atoms with Crippen LogP contribution in [0.3, 0.4) is 0 Å². The van der Waals surface area contributed by atoms with E-state index in [4.69, 9.17) is 15.3 Å². The molecule has 0 bridgehead atoms. The summed E-state index contributed by atoms with van der Waals surface area (Å²) in [7, 11) is 0. The van der Waals surface area contributed by atoms with Crippen molar-refractivity contribution < 1.29 is 44.4 Å². The van der Waals surface area contributed by atoms with Gasteiger partial charge in [-0.2, -0.15) is 0 Å². The molecule has 0 saturated heterocycles. The van der Waals surface area contributed by atoms with Crippen molar-refractivity contribution in [1.29, 1.82) is 0 Å².